The van der Waals surface area contributed by atoms with Crippen molar-refractivity contribution in [3.63, 3.8) is 0 Å². The summed E-state index contributed by atoms with van der Waals surface area (Å²) in [7, 11) is 5.63. The van der Waals surface area contributed by atoms with Crippen LogP contribution in [0.2, 0.25) is 10.0 Å². The molecule has 212 valence electrons. The number of carbonyl (C=O) groups excluding carboxylic acids is 2. The van der Waals surface area contributed by atoms with Crippen molar-refractivity contribution < 1.29 is 9.59 Å². The average Bonchev–Trinajstić information content (AvgIpc) is 2.97. The predicted octanol–water partition coefficient (Wildman–Crippen LogP) is 5.65. The molecular weight excluding hydrogens is 531 g/mol. The summed E-state index contributed by atoms with van der Waals surface area (Å²) in [5.41, 5.74) is 1.38. The molecule has 1 atom stereocenters. The topological polar surface area (TPSA) is 47.1 Å². The molecular formula is C31H42Cl2N4O2. The first-order chi connectivity index (χ1) is 18.7. The van der Waals surface area contributed by atoms with Crippen LogP contribution < -0.4 is 0 Å². The van der Waals surface area contributed by atoms with Crippen molar-refractivity contribution >= 4 is 35.0 Å². The Morgan fingerprint density at radius 3 is 2.18 bits per heavy atom. The number of hydrogen-bond donors (Lipinski definition) is 0. The molecule has 2 amide bonds. The molecule has 0 bridgehead atoms. The molecule has 4 rings (SSSR count). The van der Waals surface area contributed by atoms with Crippen LogP contribution in [0.25, 0.3) is 0 Å². The van der Waals surface area contributed by atoms with E-state index in [0.717, 1.165) is 57.5 Å². The summed E-state index contributed by atoms with van der Waals surface area (Å²) in [5.74, 6) is 0.362. The first-order valence-electron chi connectivity index (χ1n) is 14.2. The quantitative estimate of drug-likeness (QED) is 0.389. The highest BCUT2D eigenvalue weighted by atomic mass is 35.5. The minimum Gasteiger partial charge on any atom is -0.347 e. The van der Waals surface area contributed by atoms with E-state index in [9.17, 15) is 9.59 Å². The van der Waals surface area contributed by atoms with Gasteiger partial charge in [0, 0.05) is 52.3 Å². The smallest absolute Gasteiger partial charge is 0.253 e. The Morgan fingerprint density at radius 1 is 0.897 bits per heavy atom. The number of likely N-dealkylation sites (tertiary alicyclic amines) is 2. The first kappa shape index (κ1) is 29.9. The van der Waals surface area contributed by atoms with Crippen LogP contribution in [-0.2, 0) is 4.79 Å². The van der Waals surface area contributed by atoms with E-state index in [-0.39, 0.29) is 23.3 Å². The fourth-order valence-electron chi connectivity index (χ4n) is 6.23. The van der Waals surface area contributed by atoms with E-state index in [1.54, 1.807) is 9.80 Å². The molecule has 2 heterocycles. The second kappa shape index (κ2) is 13.5. The zero-order chi connectivity index (χ0) is 28.0. The number of benzene rings is 2. The largest absolute Gasteiger partial charge is 0.347 e. The number of halogens is 2. The van der Waals surface area contributed by atoms with E-state index in [4.69, 9.17) is 23.2 Å². The molecule has 0 spiro atoms. The van der Waals surface area contributed by atoms with Crippen LogP contribution in [0.3, 0.4) is 0 Å². The van der Waals surface area contributed by atoms with Crippen molar-refractivity contribution in [2.45, 2.75) is 50.0 Å². The first-order valence-corrected chi connectivity index (χ1v) is 14.9. The Morgan fingerprint density at radius 2 is 1.56 bits per heavy atom. The lowest BCUT2D eigenvalue weighted by Crippen LogP contribution is -2.64. The predicted molar refractivity (Wildman–Crippen MR) is 160 cm³/mol. The Kier molecular flexibility index (Phi) is 10.3. The van der Waals surface area contributed by atoms with Gasteiger partial charge in [-0.15, -0.1) is 0 Å². The lowest BCUT2D eigenvalue weighted by atomic mass is 9.82. The lowest BCUT2D eigenvalue weighted by Gasteiger charge is -2.50. The molecule has 2 aromatic carbocycles. The van der Waals surface area contributed by atoms with Crippen LogP contribution in [0.1, 0.15) is 60.4 Å². The highest BCUT2D eigenvalue weighted by Crippen LogP contribution is 2.34. The number of rotatable bonds is 9. The summed E-state index contributed by atoms with van der Waals surface area (Å²) >= 11 is 12.6. The fraction of sp³-hybridized carbons (Fsp3) is 0.548. The fourth-order valence-corrected chi connectivity index (χ4v) is 6.54. The molecule has 2 fully saturated rings. The van der Waals surface area contributed by atoms with Gasteiger partial charge in [-0.2, -0.15) is 0 Å². The summed E-state index contributed by atoms with van der Waals surface area (Å²) in [6.45, 7) is 5.29. The molecule has 6 nitrogen and oxygen atoms in total. The van der Waals surface area contributed by atoms with Crippen LogP contribution >= 0.6 is 23.2 Å². The minimum absolute atomic E-state index is 0.00662. The molecule has 0 saturated carbocycles. The van der Waals surface area contributed by atoms with E-state index in [2.05, 4.69) is 9.80 Å². The Balaban J connectivity index is 1.44. The number of hydrogen-bond acceptors (Lipinski definition) is 4. The zero-order valence-corrected chi connectivity index (χ0v) is 25.1. The molecule has 0 unspecified atom stereocenters. The number of piperidine rings is 2. The number of nitrogens with zero attached hydrogens (tertiary/aromatic N) is 4. The van der Waals surface area contributed by atoms with E-state index in [1.807, 2.05) is 69.7 Å². The summed E-state index contributed by atoms with van der Waals surface area (Å²) in [6.07, 6.45) is 6.19. The molecule has 0 aliphatic carbocycles. The second-order valence-corrected chi connectivity index (χ2v) is 12.1. The molecule has 2 saturated heterocycles. The van der Waals surface area contributed by atoms with Gasteiger partial charge in [0.25, 0.3) is 5.91 Å². The van der Waals surface area contributed by atoms with Crippen molar-refractivity contribution in [2.75, 3.05) is 60.4 Å². The van der Waals surface area contributed by atoms with Gasteiger partial charge < -0.3 is 14.7 Å². The SMILES string of the molecule is CN(C)C(=O)C1(N2CCCCC2)CCN(CC[C@H](CN(C)C(=O)c2ccccc2)c2ccc(Cl)c(Cl)c2)CC1. The van der Waals surface area contributed by atoms with E-state index >= 15 is 0 Å². The van der Waals surface area contributed by atoms with Crippen molar-refractivity contribution in [1.29, 1.82) is 0 Å². The molecule has 0 N–H and O–H groups in total. The third-order valence-corrected chi connectivity index (χ3v) is 9.26. The summed E-state index contributed by atoms with van der Waals surface area (Å²) in [6, 6.07) is 15.2. The molecule has 2 aromatic rings. The Labute approximate surface area is 243 Å². The van der Waals surface area contributed by atoms with Crippen molar-refractivity contribution in [2.24, 2.45) is 0 Å². The van der Waals surface area contributed by atoms with Gasteiger partial charge in [0.2, 0.25) is 5.91 Å². The van der Waals surface area contributed by atoms with Gasteiger partial charge >= 0.3 is 0 Å². The molecule has 0 aromatic heterocycles. The van der Waals surface area contributed by atoms with Crippen LogP contribution in [0.5, 0.6) is 0 Å². The minimum atomic E-state index is -0.383. The highest BCUT2D eigenvalue weighted by molar-refractivity contribution is 6.42. The monoisotopic (exact) mass is 572 g/mol. The van der Waals surface area contributed by atoms with E-state index < -0.39 is 0 Å². The maximum absolute atomic E-state index is 13.4. The molecule has 2 aliphatic rings. The number of carbonyl (C=O) groups is 2. The van der Waals surface area contributed by atoms with Crippen molar-refractivity contribution in [3.05, 3.63) is 69.7 Å². The van der Waals surface area contributed by atoms with Gasteiger partial charge in [-0.05, 0) is 81.6 Å². The van der Waals surface area contributed by atoms with Gasteiger partial charge in [-0.1, -0.05) is 53.9 Å². The summed E-state index contributed by atoms with van der Waals surface area (Å²) in [4.78, 5) is 35.1. The van der Waals surface area contributed by atoms with Gasteiger partial charge in [-0.25, -0.2) is 0 Å². The molecule has 8 heteroatoms. The third-order valence-electron chi connectivity index (χ3n) is 8.52. The zero-order valence-electron chi connectivity index (χ0n) is 23.5. The van der Waals surface area contributed by atoms with Crippen LogP contribution in [0.15, 0.2) is 48.5 Å². The van der Waals surface area contributed by atoms with E-state index in [1.165, 1.54) is 19.3 Å². The van der Waals surface area contributed by atoms with Crippen LogP contribution in [-0.4, -0.2) is 97.4 Å². The lowest BCUT2D eigenvalue weighted by molar-refractivity contribution is -0.147. The summed E-state index contributed by atoms with van der Waals surface area (Å²) < 4.78 is 0. The van der Waals surface area contributed by atoms with Gasteiger partial charge in [0.1, 0.15) is 5.54 Å². The average molecular weight is 574 g/mol. The number of amides is 2. The highest BCUT2D eigenvalue weighted by Gasteiger charge is 2.47. The number of likely N-dealkylation sites (N-methyl/N-ethyl adjacent to an activating group) is 2. The van der Waals surface area contributed by atoms with Gasteiger partial charge in [0.15, 0.2) is 0 Å². The normalized spacial score (nSPS) is 18.9. The molecule has 0 radical (unpaired) electrons. The van der Waals surface area contributed by atoms with Crippen molar-refractivity contribution in [1.82, 2.24) is 19.6 Å². The van der Waals surface area contributed by atoms with Crippen molar-refractivity contribution in [3.8, 4) is 0 Å². The maximum Gasteiger partial charge on any atom is 0.253 e. The van der Waals surface area contributed by atoms with Gasteiger partial charge in [-0.3, -0.25) is 14.5 Å². The second-order valence-electron chi connectivity index (χ2n) is 11.3. The van der Waals surface area contributed by atoms with Crippen LogP contribution in [0, 0.1) is 0 Å². The van der Waals surface area contributed by atoms with Gasteiger partial charge in [0.05, 0.1) is 10.0 Å². The maximum atomic E-state index is 13.4. The van der Waals surface area contributed by atoms with E-state index in [0.29, 0.717) is 22.2 Å². The Bertz CT molecular complexity index is 1110. The Hall–Kier alpha value is -2.12. The molecule has 2 aliphatic heterocycles. The van der Waals surface area contributed by atoms with Crippen LogP contribution in [0.4, 0.5) is 0 Å². The molecule has 39 heavy (non-hydrogen) atoms. The standard InChI is InChI=1S/C31H42Cl2N4O2/c1-34(2)30(39)31(37-17-8-5-9-18-37)15-20-36(21-16-31)19-14-26(25-12-13-27(32)28(33)22-25)23-35(3)29(38)24-10-6-4-7-11-24/h4,6-7,10-13,22,26H,5,8-9,14-21,23H2,1-3H3/t26-/m1/s1. The summed E-state index contributed by atoms with van der Waals surface area (Å²) in [5, 5.41) is 1.06. The third kappa shape index (κ3) is 7.15.